The van der Waals surface area contributed by atoms with E-state index in [-0.39, 0.29) is 23.4 Å². The predicted molar refractivity (Wildman–Crippen MR) is 144 cm³/mol. The SMILES string of the molecule is CCCCNCC(=O)Nc1ccc2c(c1O)C(=O)C1C(=O)[C@]3(O)C(=O)C(C(N)=O)C(=O)[C@@H](N(C)C)C3C(O)C1C2C. The second-order valence-electron chi connectivity index (χ2n) is 11.4. The van der Waals surface area contributed by atoms with E-state index in [9.17, 15) is 44.1 Å². The number of Topliss-reactive ketones (excluding diaryl/α,β-unsaturated/α-hetero) is 4. The van der Waals surface area contributed by atoms with Crippen molar-refractivity contribution in [1.82, 2.24) is 10.2 Å². The van der Waals surface area contributed by atoms with Crippen LogP contribution in [-0.2, 0) is 24.0 Å². The number of aliphatic hydroxyl groups excluding tert-OH is 1. The number of aliphatic hydroxyl groups is 2. The minimum atomic E-state index is -3.07. The van der Waals surface area contributed by atoms with Crippen LogP contribution in [0, 0.1) is 23.7 Å². The molecule has 7 N–H and O–H groups in total. The Hall–Kier alpha value is -3.52. The number of likely N-dealkylation sites (N-methyl/N-ethyl adjacent to an activating group) is 1. The second kappa shape index (κ2) is 11.0. The number of nitrogens with one attached hydrogen (secondary N) is 2. The van der Waals surface area contributed by atoms with Crippen LogP contribution in [0.4, 0.5) is 5.69 Å². The van der Waals surface area contributed by atoms with Gasteiger partial charge in [0.15, 0.2) is 34.7 Å². The number of benzene rings is 1. The first-order valence-corrected chi connectivity index (χ1v) is 13.6. The first-order valence-electron chi connectivity index (χ1n) is 13.6. The number of anilines is 1. The number of aromatic hydroxyl groups is 1. The smallest absolute Gasteiger partial charge is 0.238 e. The Morgan fingerprint density at radius 3 is 2.37 bits per heavy atom. The van der Waals surface area contributed by atoms with E-state index < -0.39 is 88.0 Å². The van der Waals surface area contributed by atoms with Gasteiger partial charge in [0.25, 0.3) is 0 Å². The summed E-state index contributed by atoms with van der Waals surface area (Å²) in [7, 11) is 2.86. The molecule has 0 aromatic heterocycles. The first kappa shape index (κ1) is 30.4. The van der Waals surface area contributed by atoms with Crippen LogP contribution in [0.5, 0.6) is 5.75 Å². The molecule has 13 heteroatoms. The number of ketones is 4. The monoisotopic (exact) mass is 572 g/mol. The number of rotatable bonds is 8. The molecule has 3 aliphatic rings. The van der Waals surface area contributed by atoms with E-state index in [1.807, 2.05) is 6.92 Å². The summed E-state index contributed by atoms with van der Waals surface area (Å²) >= 11 is 0. The number of hydrogen-bond donors (Lipinski definition) is 6. The number of phenolic OH excluding ortho intramolecular Hbond substituents is 1. The van der Waals surface area contributed by atoms with Crippen LogP contribution in [0.25, 0.3) is 0 Å². The zero-order chi connectivity index (χ0) is 30.5. The van der Waals surface area contributed by atoms with Gasteiger partial charge in [-0.15, -0.1) is 0 Å². The Morgan fingerprint density at radius 2 is 1.78 bits per heavy atom. The third kappa shape index (κ3) is 4.56. The molecule has 8 atom stereocenters. The summed E-state index contributed by atoms with van der Waals surface area (Å²) in [5, 5.41) is 39.8. The molecule has 6 unspecified atom stereocenters. The summed E-state index contributed by atoms with van der Waals surface area (Å²) in [4.78, 5) is 80.3. The molecule has 2 amide bonds. The Labute approximate surface area is 236 Å². The van der Waals surface area contributed by atoms with Crippen LogP contribution in [0.15, 0.2) is 12.1 Å². The van der Waals surface area contributed by atoms with E-state index >= 15 is 0 Å². The molecule has 222 valence electrons. The van der Waals surface area contributed by atoms with Crippen molar-refractivity contribution >= 4 is 40.6 Å². The van der Waals surface area contributed by atoms with E-state index in [1.165, 1.54) is 31.1 Å². The predicted octanol–water partition coefficient (Wildman–Crippen LogP) is -1.27. The summed E-state index contributed by atoms with van der Waals surface area (Å²) in [6.07, 6.45) is 0.0953. The van der Waals surface area contributed by atoms with Crippen LogP contribution in [-0.4, -0.2) is 100 Å². The van der Waals surface area contributed by atoms with Crippen LogP contribution >= 0.6 is 0 Å². The molecule has 1 aromatic carbocycles. The molecule has 0 aliphatic heterocycles. The first-order chi connectivity index (χ1) is 19.2. The minimum absolute atomic E-state index is 0.0421. The molecule has 1 aromatic rings. The minimum Gasteiger partial charge on any atom is -0.505 e. The molecule has 0 radical (unpaired) electrons. The number of nitrogens with zero attached hydrogens (tertiary/aromatic N) is 1. The zero-order valence-corrected chi connectivity index (χ0v) is 23.3. The Morgan fingerprint density at radius 1 is 1.12 bits per heavy atom. The summed E-state index contributed by atoms with van der Waals surface area (Å²) in [5.41, 5.74) is 2.17. The number of phenols is 1. The van der Waals surface area contributed by atoms with Crippen LogP contribution < -0.4 is 16.4 Å². The molecular weight excluding hydrogens is 536 g/mol. The van der Waals surface area contributed by atoms with Crippen molar-refractivity contribution in [2.24, 2.45) is 29.4 Å². The Balaban J connectivity index is 1.77. The fraction of sp³-hybridized carbons (Fsp3) is 0.571. The molecule has 3 aliphatic carbocycles. The highest BCUT2D eigenvalue weighted by atomic mass is 16.3. The van der Waals surface area contributed by atoms with E-state index in [0.717, 1.165) is 12.8 Å². The zero-order valence-electron chi connectivity index (χ0n) is 23.3. The molecular formula is C28H36N4O9. The van der Waals surface area contributed by atoms with Crippen molar-refractivity contribution in [2.75, 3.05) is 32.5 Å². The standard InChI is InChI=1S/C28H36N4O9/c1-5-6-9-30-10-14(33)31-13-8-7-12-11(2)15-17(22(35)16(12)21(13)34)25(38)28(41)19(23(15)36)20(32(3)4)24(37)18(26(28)39)27(29)40/h7-8,11,15,17-20,23,30,34,36,41H,5-6,9-10H2,1-4H3,(H2,29,40)(H,31,33)/t11?,15?,17?,18?,19?,20-,23?,28-/m0/s1. The third-order valence-corrected chi connectivity index (χ3v) is 8.76. The topological polar surface area (TPSA) is 216 Å². The van der Waals surface area contributed by atoms with Crippen molar-refractivity contribution in [3.05, 3.63) is 23.3 Å². The lowest BCUT2D eigenvalue weighted by Crippen LogP contribution is -2.77. The van der Waals surface area contributed by atoms with E-state index in [0.29, 0.717) is 6.54 Å². The van der Waals surface area contributed by atoms with Gasteiger partial charge in [0.05, 0.1) is 41.8 Å². The number of nitrogens with two attached hydrogens (primary N) is 1. The number of unbranched alkanes of at least 4 members (excludes halogenated alkanes) is 1. The molecule has 0 saturated heterocycles. The van der Waals surface area contributed by atoms with Gasteiger partial charge < -0.3 is 31.7 Å². The average Bonchev–Trinajstić information content (AvgIpc) is 2.89. The number of fused-ring (bicyclic) bond motifs is 3. The van der Waals surface area contributed by atoms with Gasteiger partial charge in [0.1, 0.15) is 5.75 Å². The van der Waals surface area contributed by atoms with Crippen molar-refractivity contribution in [1.29, 1.82) is 0 Å². The van der Waals surface area contributed by atoms with E-state index in [4.69, 9.17) is 5.73 Å². The molecule has 0 spiro atoms. The maximum Gasteiger partial charge on any atom is 0.238 e. The van der Waals surface area contributed by atoms with Gasteiger partial charge in [-0.2, -0.15) is 0 Å². The molecule has 41 heavy (non-hydrogen) atoms. The molecule has 2 saturated carbocycles. The van der Waals surface area contributed by atoms with Crippen molar-refractivity contribution in [2.45, 2.75) is 50.4 Å². The number of primary amides is 1. The summed E-state index contributed by atoms with van der Waals surface area (Å²) < 4.78 is 0. The van der Waals surface area contributed by atoms with Gasteiger partial charge in [0, 0.05) is 5.92 Å². The third-order valence-electron chi connectivity index (χ3n) is 8.76. The Bertz CT molecular complexity index is 1330. The molecule has 0 heterocycles. The number of carbonyl (C=O) groups excluding carboxylic acids is 6. The quantitative estimate of drug-likeness (QED) is 0.123. The molecule has 0 bridgehead atoms. The number of carbonyl (C=O) groups is 6. The number of hydrogen-bond acceptors (Lipinski definition) is 11. The molecule has 2 fully saturated rings. The van der Waals surface area contributed by atoms with Crippen molar-refractivity contribution in [3.63, 3.8) is 0 Å². The highest BCUT2D eigenvalue weighted by molar-refractivity contribution is 6.32. The Kier molecular flexibility index (Phi) is 8.20. The largest absolute Gasteiger partial charge is 0.505 e. The maximum atomic E-state index is 14.0. The van der Waals surface area contributed by atoms with Crippen LogP contribution in [0.1, 0.15) is 48.5 Å². The fourth-order valence-electron chi connectivity index (χ4n) is 6.79. The average molecular weight is 573 g/mol. The van der Waals surface area contributed by atoms with Gasteiger partial charge in [0.2, 0.25) is 11.8 Å². The van der Waals surface area contributed by atoms with Crippen molar-refractivity contribution in [3.8, 4) is 5.75 Å². The second-order valence-corrected chi connectivity index (χ2v) is 11.4. The highest BCUT2D eigenvalue weighted by Crippen LogP contribution is 2.55. The fourth-order valence-corrected chi connectivity index (χ4v) is 6.79. The summed E-state index contributed by atoms with van der Waals surface area (Å²) in [6.45, 7) is 4.19. The van der Waals surface area contributed by atoms with Gasteiger partial charge in [-0.1, -0.05) is 26.3 Å². The van der Waals surface area contributed by atoms with E-state index in [2.05, 4.69) is 10.6 Å². The van der Waals surface area contributed by atoms with Gasteiger partial charge >= 0.3 is 0 Å². The van der Waals surface area contributed by atoms with Crippen LogP contribution in [0.3, 0.4) is 0 Å². The summed E-state index contributed by atoms with van der Waals surface area (Å²) in [5.74, 6) is -14.6. The lowest BCUT2D eigenvalue weighted by Gasteiger charge is -2.56. The lowest BCUT2D eigenvalue weighted by molar-refractivity contribution is -0.196. The van der Waals surface area contributed by atoms with Gasteiger partial charge in [-0.05, 0) is 44.6 Å². The maximum absolute atomic E-state index is 14.0. The lowest BCUT2D eigenvalue weighted by atomic mass is 9.49. The van der Waals surface area contributed by atoms with Gasteiger partial charge in [-0.3, -0.25) is 33.7 Å². The van der Waals surface area contributed by atoms with Gasteiger partial charge in [-0.25, -0.2) is 0 Å². The van der Waals surface area contributed by atoms with Crippen LogP contribution in [0.2, 0.25) is 0 Å². The highest BCUT2D eigenvalue weighted by Gasteiger charge is 2.72. The van der Waals surface area contributed by atoms with E-state index in [1.54, 1.807) is 6.92 Å². The molecule has 4 rings (SSSR count). The summed E-state index contributed by atoms with van der Waals surface area (Å²) in [6, 6.07) is 1.47. The number of amides is 2. The van der Waals surface area contributed by atoms with Crippen molar-refractivity contribution < 1.29 is 44.1 Å². The normalized spacial score (nSPS) is 32.8. The molecule has 13 nitrogen and oxygen atoms in total.